The van der Waals surface area contributed by atoms with Crippen LogP contribution in [0.4, 0.5) is 0 Å². The molecule has 6 heteroatoms. The van der Waals surface area contributed by atoms with Crippen LogP contribution in [0.3, 0.4) is 0 Å². The van der Waals surface area contributed by atoms with E-state index >= 15 is 0 Å². The van der Waals surface area contributed by atoms with Crippen LogP contribution >= 0.6 is 0 Å². The Morgan fingerprint density at radius 3 is 2.55 bits per heavy atom. The number of fused-ring (bicyclic) bond motifs is 1. The number of carbonyl (C=O) groups excluding carboxylic acids is 2. The van der Waals surface area contributed by atoms with Crippen molar-refractivity contribution in [1.29, 1.82) is 0 Å². The summed E-state index contributed by atoms with van der Waals surface area (Å²) >= 11 is 0. The maximum atomic E-state index is 12.8. The molecule has 0 aromatic carbocycles. The maximum absolute atomic E-state index is 12.8. The molecule has 2 aliphatic rings. The van der Waals surface area contributed by atoms with Crippen molar-refractivity contribution in [2.24, 2.45) is 34.8 Å². The third kappa shape index (κ3) is 6.91. The Bertz CT molecular complexity index is 698. The number of aliphatic hydroxyl groups is 2. The fourth-order valence-electron chi connectivity index (χ4n) is 4.80. The van der Waals surface area contributed by atoms with E-state index in [1.54, 1.807) is 0 Å². The van der Waals surface area contributed by atoms with E-state index < -0.39 is 23.5 Å². The van der Waals surface area contributed by atoms with Crippen molar-refractivity contribution in [2.75, 3.05) is 0 Å². The van der Waals surface area contributed by atoms with Crippen molar-refractivity contribution in [2.45, 2.75) is 91.5 Å². The molecule has 4 N–H and O–H groups in total. The number of hydrogen-bond donors (Lipinski definition) is 3. The normalized spacial score (nSPS) is 30.2. The van der Waals surface area contributed by atoms with Gasteiger partial charge in [0, 0.05) is 5.92 Å². The summed E-state index contributed by atoms with van der Waals surface area (Å²) in [6.07, 6.45) is 7.62. The lowest BCUT2D eigenvalue weighted by Crippen LogP contribution is -2.43. The topological polar surface area (TPSA) is 110 Å². The first kappa shape index (κ1) is 25.6. The highest BCUT2D eigenvalue weighted by molar-refractivity contribution is 5.76. The second kappa shape index (κ2) is 10.8. The van der Waals surface area contributed by atoms with Crippen LogP contribution in [0, 0.1) is 29.1 Å². The molecular weight excluding hydrogens is 394 g/mol. The number of nitrogens with two attached hydrogens (primary N) is 1. The van der Waals surface area contributed by atoms with E-state index in [1.807, 2.05) is 20.8 Å². The van der Waals surface area contributed by atoms with Crippen LogP contribution in [0.25, 0.3) is 0 Å². The Kier molecular flexibility index (Phi) is 8.90. The highest BCUT2D eigenvalue weighted by Crippen LogP contribution is 2.45. The number of allylic oxidation sites excluding steroid dienone is 3. The molecule has 6 nitrogen and oxygen atoms in total. The molecular formula is C25H41NO5. The number of esters is 1. The number of hydrogen-bond acceptors (Lipinski definition) is 5. The van der Waals surface area contributed by atoms with Gasteiger partial charge in [-0.15, -0.1) is 0 Å². The summed E-state index contributed by atoms with van der Waals surface area (Å²) in [5.41, 5.74) is 5.83. The Morgan fingerprint density at radius 1 is 1.26 bits per heavy atom. The van der Waals surface area contributed by atoms with Crippen LogP contribution in [0.1, 0.15) is 73.1 Å². The molecule has 0 heterocycles. The third-order valence-electron chi connectivity index (χ3n) is 7.10. The van der Waals surface area contributed by atoms with Gasteiger partial charge in [0.2, 0.25) is 5.91 Å². The van der Waals surface area contributed by atoms with Gasteiger partial charge in [-0.05, 0) is 69.3 Å². The summed E-state index contributed by atoms with van der Waals surface area (Å²) < 4.78 is 6.11. The highest BCUT2D eigenvalue weighted by atomic mass is 16.5. The lowest BCUT2D eigenvalue weighted by molar-refractivity contribution is -0.164. The molecule has 0 fully saturated rings. The molecule has 176 valence electrons. The van der Waals surface area contributed by atoms with Gasteiger partial charge in [0.1, 0.15) is 6.10 Å². The summed E-state index contributed by atoms with van der Waals surface area (Å²) in [7, 11) is 0. The average Bonchev–Trinajstić information content (AvgIpc) is 2.66. The summed E-state index contributed by atoms with van der Waals surface area (Å²) in [5, 5.41) is 20.3. The molecule has 7 atom stereocenters. The highest BCUT2D eigenvalue weighted by Gasteiger charge is 2.42. The average molecular weight is 436 g/mol. The lowest BCUT2D eigenvalue weighted by Gasteiger charge is -2.44. The summed E-state index contributed by atoms with van der Waals surface area (Å²) in [5.74, 6) is 0.242. The largest absolute Gasteiger partial charge is 0.461 e. The van der Waals surface area contributed by atoms with Crippen molar-refractivity contribution in [3.05, 3.63) is 23.8 Å². The minimum absolute atomic E-state index is 0.107. The molecule has 0 bridgehead atoms. The first-order valence-corrected chi connectivity index (χ1v) is 11.7. The first-order valence-electron chi connectivity index (χ1n) is 11.7. The second-order valence-electron chi connectivity index (χ2n) is 10.3. The predicted octanol–water partition coefficient (Wildman–Crippen LogP) is 3.51. The van der Waals surface area contributed by atoms with Crippen LogP contribution in [-0.2, 0) is 14.3 Å². The number of aliphatic hydroxyl groups excluding tert-OH is 2. The number of amides is 1. The summed E-state index contributed by atoms with van der Waals surface area (Å²) in [6, 6.07) is 0. The lowest BCUT2D eigenvalue weighted by atomic mass is 9.65. The Hall–Kier alpha value is -1.66. The van der Waals surface area contributed by atoms with E-state index in [4.69, 9.17) is 10.5 Å². The van der Waals surface area contributed by atoms with E-state index in [0.717, 1.165) is 19.3 Å². The number of ether oxygens (including phenoxy) is 1. The van der Waals surface area contributed by atoms with Crippen molar-refractivity contribution >= 4 is 11.9 Å². The van der Waals surface area contributed by atoms with Gasteiger partial charge >= 0.3 is 5.97 Å². The monoisotopic (exact) mass is 435 g/mol. The molecule has 0 aromatic heterocycles. The van der Waals surface area contributed by atoms with Gasteiger partial charge < -0.3 is 20.7 Å². The third-order valence-corrected chi connectivity index (χ3v) is 7.10. The smallest absolute Gasteiger partial charge is 0.311 e. The van der Waals surface area contributed by atoms with Gasteiger partial charge in [0.25, 0.3) is 0 Å². The SMILES string of the molecule is CCC(C)(C)C(=O)O[C@H]1C[C@@H](C)C=C2C=C[C@H](C)[C@H](CC[C@@H](O)C[C@@H](O)CC(N)=O)[C@H]21. The summed E-state index contributed by atoms with van der Waals surface area (Å²) in [4.78, 5) is 23.8. The Morgan fingerprint density at radius 2 is 1.94 bits per heavy atom. The number of primary amides is 1. The molecule has 31 heavy (non-hydrogen) atoms. The van der Waals surface area contributed by atoms with Crippen LogP contribution < -0.4 is 5.73 Å². The van der Waals surface area contributed by atoms with Gasteiger partial charge in [-0.3, -0.25) is 9.59 Å². The van der Waals surface area contributed by atoms with Crippen molar-refractivity contribution in [3.63, 3.8) is 0 Å². The van der Waals surface area contributed by atoms with Gasteiger partial charge in [-0.2, -0.15) is 0 Å². The molecule has 0 spiro atoms. The van der Waals surface area contributed by atoms with E-state index in [9.17, 15) is 19.8 Å². The van der Waals surface area contributed by atoms with Crippen molar-refractivity contribution in [1.82, 2.24) is 0 Å². The predicted molar refractivity (Wildman–Crippen MR) is 121 cm³/mol. The zero-order valence-electron chi connectivity index (χ0n) is 19.7. The minimum atomic E-state index is -0.924. The minimum Gasteiger partial charge on any atom is -0.461 e. The molecule has 0 aliphatic heterocycles. The van der Waals surface area contributed by atoms with Gasteiger partial charge in [-0.25, -0.2) is 0 Å². The zero-order valence-corrected chi connectivity index (χ0v) is 19.7. The van der Waals surface area contributed by atoms with E-state index in [2.05, 4.69) is 32.1 Å². The molecule has 2 rings (SSSR count). The molecule has 1 amide bonds. The fraction of sp³-hybridized carbons (Fsp3) is 0.760. The Balaban J connectivity index is 2.12. The number of carbonyl (C=O) groups is 2. The molecule has 0 saturated carbocycles. The van der Waals surface area contributed by atoms with Gasteiger partial charge in [-0.1, -0.05) is 39.0 Å². The van der Waals surface area contributed by atoms with Crippen molar-refractivity contribution in [3.8, 4) is 0 Å². The fourth-order valence-corrected chi connectivity index (χ4v) is 4.80. The van der Waals surface area contributed by atoms with Crippen LogP contribution in [-0.4, -0.2) is 40.4 Å². The standard InChI is InChI=1S/C25H41NO5/c1-6-25(4,5)24(30)31-21-12-15(2)11-17-8-7-16(3)20(23(17)21)10-9-18(27)13-19(28)14-22(26)29/h7-8,11,15-16,18-21,23,27-28H,6,9-10,12-14H2,1-5H3,(H2,26,29)/t15-,16-,18+,19+,20-,21-,23-/m0/s1. The molecule has 0 unspecified atom stereocenters. The summed E-state index contributed by atoms with van der Waals surface area (Å²) in [6.45, 7) is 10.2. The van der Waals surface area contributed by atoms with Crippen molar-refractivity contribution < 1.29 is 24.5 Å². The van der Waals surface area contributed by atoms with Gasteiger partial charge in [0.15, 0.2) is 0 Å². The van der Waals surface area contributed by atoms with E-state index in [-0.39, 0.29) is 36.8 Å². The van der Waals surface area contributed by atoms with Crippen LogP contribution in [0.15, 0.2) is 23.8 Å². The molecule has 0 radical (unpaired) electrons. The second-order valence-corrected chi connectivity index (χ2v) is 10.3. The molecule has 2 aliphatic carbocycles. The molecule has 0 saturated heterocycles. The molecule has 0 aromatic rings. The zero-order chi connectivity index (χ0) is 23.3. The Labute approximate surface area is 186 Å². The van der Waals surface area contributed by atoms with Gasteiger partial charge in [0.05, 0.1) is 24.0 Å². The first-order chi connectivity index (χ1) is 14.4. The van der Waals surface area contributed by atoms with E-state index in [0.29, 0.717) is 18.3 Å². The maximum Gasteiger partial charge on any atom is 0.311 e. The van der Waals surface area contributed by atoms with E-state index in [1.165, 1.54) is 5.57 Å². The quantitative estimate of drug-likeness (QED) is 0.455. The van der Waals surface area contributed by atoms with Crippen LogP contribution in [0.2, 0.25) is 0 Å². The van der Waals surface area contributed by atoms with Crippen LogP contribution in [0.5, 0.6) is 0 Å². The number of rotatable bonds is 10.